The van der Waals surface area contributed by atoms with Gasteiger partial charge in [-0.2, -0.15) is 0 Å². The van der Waals surface area contributed by atoms with Crippen molar-refractivity contribution in [1.82, 2.24) is 15.2 Å². The number of allylic oxidation sites excluding steroid dienone is 4. The number of hydrogen-bond acceptors (Lipinski definition) is 3. The van der Waals surface area contributed by atoms with Crippen molar-refractivity contribution in [3.63, 3.8) is 0 Å². The molecule has 6 nitrogen and oxygen atoms in total. The molecule has 0 spiro atoms. The van der Waals surface area contributed by atoms with Crippen molar-refractivity contribution < 1.29 is 4.79 Å². The summed E-state index contributed by atoms with van der Waals surface area (Å²) in [6.07, 6.45) is 9.13. The normalized spacial score (nSPS) is 16.9. The molecule has 0 aliphatic carbocycles. The quantitative estimate of drug-likeness (QED) is 0.222. The van der Waals surface area contributed by atoms with Crippen LogP contribution in [-0.4, -0.2) is 61.1 Å². The number of aromatic amines is 1. The van der Waals surface area contributed by atoms with E-state index in [4.69, 9.17) is 0 Å². The fourth-order valence-corrected chi connectivity index (χ4v) is 5.14. The Morgan fingerprint density at radius 1 is 1.24 bits per heavy atom. The van der Waals surface area contributed by atoms with Crippen LogP contribution >= 0.6 is 0 Å². The molecule has 1 fully saturated rings. The number of piperidine rings is 1. The van der Waals surface area contributed by atoms with E-state index in [0.717, 1.165) is 50.2 Å². The van der Waals surface area contributed by atoms with Crippen LogP contribution in [0.2, 0.25) is 0 Å². The number of fused-ring (bicyclic) bond motifs is 1. The number of carbonyl (C=O) groups is 1. The zero-order valence-corrected chi connectivity index (χ0v) is 23.8. The lowest BCUT2D eigenvalue weighted by Gasteiger charge is -2.31. The summed E-state index contributed by atoms with van der Waals surface area (Å²) in [5.74, 6) is 1.06. The maximum absolute atomic E-state index is 12.1. The molecule has 1 amide bonds. The van der Waals surface area contributed by atoms with Crippen molar-refractivity contribution >= 4 is 34.4 Å². The molecular formula is C31H45N5O. The molecule has 1 aromatic carbocycles. The van der Waals surface area contributed by atoms with Gasteiger partial charge in [0.1, 0.15) is 6.34 Å². The minimum absolute atomic E-state index is 0.146. The molecular weight excluding hydrogens is 458 g/mol. The summed E-state index contributed by atoms with van der Waals surface area (Å²) in [4.78, 5) is 26.5. The number of amides is 1. The molecule has 0 saturated carbocycles. The summed E-state index contributed by atoms with van der Waals surface area (Å²) in [6.45, 7) is 16.0. The van der Waals surface area contributed by atoms with Crippen LogP contribution in [0.25, 0.3) is 16.5 Å². The first kappa shape index (κ1) is 28.6. The molecule has 2 heterocycles. The van der Waals surface area contributed by atoms with Crippen molar-refractivity contribution in [2.45, 2.75) is 72.6 Å². The van der Waals surface area contributed by atoms with Gasteiger partial charge in [-0.15, -0.1) is 0 Å². The summed E-state index contributed by atoms with van der Waals surface area (Å²) in [6, 6.07) is 6.95. The predicted molar refractivity (Wildman–Crippen MR) is 159 cm³/mol. The first-order valence-electron chi connectivity index (χ1n) is 13.7. The van der Waals surface area contributed by atoms with E-state index < -0.39 is 0 Å². The van der Waals surface area contributed by atoms with Crippen LogP contribution in [0.4, 0.5) is 0 Å². The zero-order chi connectivity index (χ0) is 26.9. The Morgan fingerprint density at radius 3 is 2.59 bits per heavy atom. The molecule has 1 aromatic heterocycles. The topological polar surface area (TPSA) is 72.8 Å². The van der Waals surface area contributed by atoms with Crippen LogP contribution < -0.4 is 5.32 Å². The van der Waals surface area contributed by atoms with Gasteiger partial charge in [0.25, 0.3) is 0 Å². The molecule has 0 unspecified atom stereocenters. The van der Waals surface area contributed by atoms with Gasteiger partial charge < -0.3 is 10.3 Å². The number of likely N-dealkylation sites (tertiary alicyclic amines) is 1. The van der Waals surface area contributed by atoms with E-state index >= 15 is 0 Å². The van der Waals surface area contributed by atoms with Gasteiger partial charge in [-0.25, -0.2) is 4.99 Å². The summed E-state index contributed by atoms with van der Waals surface area (Å²) in [5, 5.41) is 4.31. The Bertz CT molecular complexity index is 1190. The standard InChI is InChI=1S/C31H45N5O/c1-8-14-33-29(37)19-36-15-12-25(13-16-36)26-10-11-28-27(18-26)30(21(3)4)31(35-28)24(9-2)17-22(5)23(6)34-20-32-7/h9-11,17-18,20-21,25,35H,8,12-16,19H2,1-7H3,(H,33,37)/b22-17-,24-9+,32-20?,34-23?. The molecule has 1 saturated heterocycles. The largest absolute Gasteiger partial charge is 0.355 e. The number of H-pyrrole nitrogens is 1. The second kappa shape index (κ2) is 13.5. The summed E-state index contributed by atoms with van der Waals surface area (Å²) in [5.41, 5.74) is 8.40. The van der Waals surface area contributed by atoms with Crippen LogP contribution in [0.1, 0.15) is 89.5 Å². The van der Waals surface area contributed by atoms with Gasteiger partial charge in [0.2, 0.25) is 5.91 Å². The van der Waals surface area contributed by atoms with Gasteiger partial charge in [-0.1, -0.05) is 32.9 Å². The number of aliphatic imine (C=N–C) groups is 2. The highest BCUT2D eigenvalue weighted by molar-refractivity contribution is 6.04. The van der Waals surface area contributed by atoms with E-state index in [-0.39, 0.29) is 5.91 Å². The first-order chi connectivity index (χ1) is 17.8. The second-order valence-electron chi connectivity index (χ2n) is 10.4. The van der Waals surface area contributed by atoms with Crippen molar-refractivity contribution in [3.05, 3.63) is 52.7 Å². The number of aromatic nitrogens is 1. The van der Waals surface area contributed by atoms with E-state index in [1.165, 1.54) is 33.3 Å². The number of nitrogens with zero attached hydrogens (tertiary/aromatic N) is 3. The molecule has 1 aliphatic rings. The minimum Gasteiger partial charge on any atom is -0.355 e. The molecule has 6 heteroatoms. The number of nitrogens with one attached hydrogen (secondary N) is 2. The predicted octanol–water partition coefficient (Wildman–Crippen LogP) is 6.47. The van der Waals surface area contributed by atoms with Gasteiger partial charge in [-0.05, 0) is 105 Å². The summed E-state index contributed by atoms with van der Waals surface area (Å²) in [7, 11) is 1.73. The Balaban J connectivity index is 1.85. The lowest BCUT2D eigenvalue weighted by atomic mass is 9.87. The van der Waals surface area contributed by atoms with Crippen molar-refractivity contribution in [2.75, 3.05) is 33.2 Å². The van der Waals surface area contributed by atoms with E-state index in [9.17, 15) is 4.79 Å². The maximum atomic E-state index is 12.1. The molecule has 1 aliphatic heterocycles. The molecule has 200 valence electrons. The molecule has 2 N–H and O–H groups in total. The smallest absolute Gasteiger partial charge is 0.234 e. The van der Waals surface area contributed by atoms with Gasteiger partial charge >= 0.3 is 0 Å². The lowest BCUT2D eigenvalue weighted by Crippen LogP contribution is -2.41. The van der Waals surface area contributed by atoms with Crippen molar-refractivity contribution in [1.29, 1.82) is 0 Å². The molecule has 37 heavy (non-hydrogen) atoms. The molecule has 2 aromatic rings. The van der Waals surface area contributed by atoms with E-state index in [1.54, 1.807) is 13.4 Å². The minimum atomic E-state index is 0.146. The number of rotatable bonds is 10. The first-order valence-corrected chi connectivity index (χ1v) is 13.7. The molecule has 3 rings (SSSR count). The van der Waals surface area contributed by atoms with Gasteiger partial charge in [0.05, 0.1) is 6.54 Å². The van der Waals surface area contributed by atoms with Crippen LogP contribution in [0, 0.1) is 0 Å². The average molecular weight is 504 g/mol. The fraction of sp³-hybridized carbons (Fsp3) is 0.516. The Morgan fingerprint density at radius 2 is 1.97 bits per heavy atom. The third kappa shape index (κ3) is 7.29. The van der Waals surface area contributed by atoms with E-state index in [0.29, 0.717) is 18.4 Å². The van der Waals surface area contributed by atoms with Crippen LogP contribution in [-0.2, 0) is 4.79 Å². The Hall–Kier alpha value is -2.99. The maximum Gasteiger partial charge on any atom is 0.234 e. The highest BCUT2D eigenvalue weighted by Gasteiger charge is 2.24. The SMILES string of the molecule is C/C=C(\C=C(\C)C(C)=NC=NC)c1[nH]c2ccc(C3CCN(CC(=O)NCCC)CC3)cc2c1C(C)C. The highest BCUT2D eigenvalue weighted by atomic mass is 16.2. The van der Waals surface area contributed by atoms with Gasteiger partial charge in [0.15, 0.2) is 0 Å². The zero-order valence-electron chi connectivity index (χ0n) is 23.8. The molecule has 0 bridgehead atoms. The Kier molecular flexibility index (Phi) is 10.4. The lowest BCUT2D eigenvalue weighted by molar-refractivity contribution is -0.122. The number of benzene rings is 1. The Labute approximate surface area is 223 Å². The number of carbonyl (C=O) groups excluding carboxylic acids is 1. The molecule has 0 atom stereocenters. The second-order valence-corrected chi connectivity index (χ2v) is 10.4. The van der Waals surface area contributed by atoms with Crippen LogP contribution in [0.3, 0.4) is 0 Å². The third-order valence-corrected chi connectivity index (χ3v) is 7.35. The highest BCUT2D eigenvalue weighted by Crippen LogP contribution is 2.37. The number of hydrogen-bond donors (Lipinski definition) is 2. The van der Waals surface area contributed by atoms with E-state index in [2.05, 4.69) is 90.2 Å². The molecule has 0 radical (unpaired) electrons. The van der Waals surface area contributed by atoms with Crippen LogP contribution in [0.15, 0.2) is 45.9 Å². The summed E-state index contributed by atoms with van der Waals surface area (Å²) < 4.78 is 0. The van der Waals surface area contributed by atoms with Gasteiger partial charge in [-0.3, -0.25) is 14.7 Å². The van der Waals surface area contributed by atoms with Gasteiger partial charge in [0, 0.05) is 35.9 Å². The monoisotopic (exact) mass is 503 g/mol. The van der Waals surface area contributed by atoms with Crippen molar-refractivity contribution in [2.24, 2.45) is 9.98 Å². The van der Waals surface area contributed by atoms with Crippen LogP contribution in [0.5, 0.6) is 0 Å². The van der Waals surface area contributed by atoms with E-state index in [1.807, 2.05) is 6.92 Å². The van der Waals surface area contributed by atoms with Crippen molar-refractivity contribution in [3.8, 4) is 0 Å². The summed E-state index contributed by atoms with van der Waals surface area (Å²) >= 11 is 0. The average Bonchev–Trinajstić information content (AvgIpc) is 3.28. The third-order valence-electron chi connectivity index (χ3n) is 7.35. The fourth-order valence-electron chi connectivity index (χ4n) is 5.14.